The molecule has 2 aromatic rings. The van der Waals surface area contributed by atoms with Crippen LogP contribution in [0.3, 0.4) is 0 Å². The van der Waals surface area contributed by atoms with Crippen LogP contribution in [0.5, 0.6) is 0 Å². The van der Waals surface area contributed by atoms with Gasteiger partial charge in [-0.2, -0.15) is 0 Å². The highest BCUT2D eigenvalue weighted by atomic mass is 16.1. The van der Waals surface area contributed by atoms with Gasteiger partial charge in [-0.1, -0.05) is 13.8 Å². The van der Waals surface area contributed by atoms with Gasteiger partial charge in [0.1, 0.15) is 0 Å². The van der Waals surface area contributed by atoms with E-state index in [0.717, 1.165) is 41.2 Å². The minimum Gasteiger partial charge on any atom is -0.384 e. The topological polar surface area (TPSA) is 77.1 Å². The van der Waals surface area contributed by atoms with E-state index in [-0.39, 0.29) is 11.2 Å². The molecule has 1 aromatic carbocycles. The Morgan fingerprint density at radius 2 is 2.04 bits per heavy atom. The van der Waals surface area contributed by atoms with Crippen molar-refractivity contribution in [3.05, 3.63) is 46.8 Å². The van der Waals surface area contributed by atoms with Crippen molar-refractivity contribution >= 4 is 17.4 Å². The van der Waals surface area contributed by atoms with Gasteiger partial charge < -0.3 is 15.6 Å². The number of nitrogens with one attached hydrogen (secondary N) is 1. The number of aryl methyl sites for hydroxylation is 1. The van der Waals surface area contributed by atoms with Gasteiger partial charge in [0, 0.05) is 41.8 Å². The maximum atomic E-state index is 12.7. The Morgan fingerprint density at radius 1 is 1.30 bits per heavy atom. The second kappa shape index (κ2) is 6.25. The summed E-state index contributed by atoms with van der Waals surface area (Å²) in [5, 5.41) is 3.40. The molecule has 4 rings (SSSR count). The number of hydrogen-bond acceptors (Lipinski definition) is 3. The van der Waals surface area contributed by atoms with Gasteiger partial charge in [0.25, 0.3) is 5.91 Å². The zero-order chi connectivity index (χ0) is 19.3. The molecule has 0 bridgehead atoms. The van der Waals surface area contributed by atoms with Crippen molar-refractivity contribution < 1.29 is 9.59 Å². The summed E-state index contributed by atoms with van der Waals surface area (Å²) in [5.41, 5.74) is 10.7. The fraction of sp³-hybridized carbons (Fsp3) is 0.455. The number of carbonyl (C=O) groups excluding carboxylic acids is 2. The van der Waals surface area contributed by atoms with Gasteiger partial charge in [0.15, 0.2) is 5.78 Å². The number of carbonyl (C=O) groups is 2. The smallest absolute Gasteiger partial charge is 0.250 e. The molecular weight excluding hydrogens is 338 g/mol. The highest BCUT2D eigenvalue weighted by molar-refractivity contribution is 6.01. The standard InChI is InChI=1S/C22H27N3O2/c1-13-12-25(18-9-22(2,3)10-19(26)20(13)18)15-6-7-16(21(23)27)17(8-15)24-11-14-4-5-14/h6-8,12,14,24H,4-5,9-11H2,1-3H3,(H2,23,27). The van der Waals surface area contributed by atoms with Crippen LogP contribution in [0.4, 0.5) is 5.69 Å². The number of anilines is 1. The third-order valence-electron chi connectivity index (χ3n) is 5.69. The van der Waals surface area contributed by atoms with Crippen molar-refractivity contribution in [3.8, 4) is 5.69 Å². The molecule has 0 unspecified atom stereocenters. The average Bonchev–Trinajstić information content (AvgIpc) is 3.34. The van der Waals surface area contributed by atoms with Gasteiger partial charge in [0.05, 0.1) is 5.56 Å². The number of nitrogens with two attached hydrogens (primary N) is 1. The van der Waals surface area contributed by atoms with Crippen molar-refractivity contribution in [2.45, 2.75) is 46.5 Å². The molecule has 0 saturated heterocycles. The van der Waals surface area contributed by atoms with Crippen LogP contribution in [0, 0.1) is 18.3 Å². The quantitative estimate of drug-likeness (QED) is 0.844. The molecule has 0 spiro atoms. The minimum absolute atomic E-state index is 0.0488. The molecule has 2 aliphatic carbocycles. The van der Waals surface area contributed by atoms with Crippen LogP contribution in [0.25, 0.3) is 5.69 Å². The lowest BCUT2D eigenvalue weighted by molar-refractivity contribution is 0.0909. The fourth-order valence-corrected chi connectivity index (χ4v) is 4.13. The number of fused-ring (bicyclic) bond motifs is 1. The highest BCUT2D eigenvalue weighted by Gasteiger charge is 2.34. The van der Waals surface area contributed by atoms with E-state index in [0.29, 0.717) is 17.9 Å². The van der Waals surface area contributed by atoms with Crippen LogP contribution in [-0.4, -0.2) is 22.8 Å². The first kappa shape index (κ1) is 17.8. The van der Waals surface area contributed by atoms with Crippen LogP contribution >= 0.6 is 0 Å². The van der Waals surface area contributed by atoms with Crippen molar-refractivity contribution in [2.75, 3.05) is 11.9 Å². The number of ketones is 1. The summed E-state index contributed by atoms with van der Waals surface area (Å²) in [5.74, 6) is 0.481. The molecule has 0 atom stereocenters. The molecule has 1 saturated carbocycles. The van der Waals surface area contributed by atoms with E-state index in [9.17, 15) is 9.59 Å². The van der Waals surface area contributed by atoms with Crippen molar-refractivity contribution in [2.24, 2.45) is 17.1 Å². The van der Waals surface area contributed by atoms with E-state index in [2.05, 4.69) is 23.7 Å². The van der Waals surface area contributed by atoms with Crippen LogP contribution < -0.4 is 11.1 Å². The molecule has 5 nitrogen and oxygen atoms in total. The van der Waals surface area contributed by atoms with Gasteiger partial charge >= 0.3 is 0 Å². The average molecular weight is 365 g/mol. The number of aromatic nitrogens is 1. The Kier molecular flexibility index (Phi) is 4.13. The maximum absolute atomic E-state index is 12.7. The van der Waals surface area contributed by atoms with Gasteiger partial charge in [-0.25, -0.2) is 0 Å². The summed E-state index contributed by atoms with van der Waals surface area (Å²) in [6.45, 7) is 7.13. The summed E-state index contributed by atoms with van der Waals surface area (Å²) in [4.78, 5) is 24.5. The predicted octanol–water partition coefficient (Wildman–Crippen LogP) is 3.86. The molecule has 27 heavy (non-hydrogen) atoms. The van der Waals surface area contributed by atoms with Crippen LogP contribution in [0.1, 0.15) is 65.1 Å². The number of amides is 1. The van der Waals surface area contributed by atoms with E-state index in [1.54, 1.807) is 6.07 Å². The molecule has 1 amide bonds. The number of nitrogens with zero attached hydrogens (tertiary/aromatic N) is 1. The molecule has 1 fully saturated rings. The lowest BCUT2D eigenvalue weighted by atomic mass is 9.75. The Balaban J connectivity index is 1.77. The van der Waals surface area contributed by atoms with Crippen molar-refractivity contribution in [1.82, 2.24) is 4.57 Å². The number of primary amides is 1. The van der Waals surface area contributed by atoms with Gasteiger partial charge in [-0.3, -0.25) is 9.59 Å². The molecule has 142 valence electrons. The largest absolute Gasteiger partial charge is 0.384 e. The molecule has 5 heteroatoms. The third-order valence-corrected chi connectivity index (χ3v) is 5.69. The first-order valence-electron chi connectivity index (χ1n) is 9.67. The first-order valence-corrected chi connectivity index (χ1v) is 9.67. The molecule has 0 aliphatic heterocycles. The summed E-state index contributed by atoms with van der Waals surface area (Å²) in [7, 11) is 0. The Labute approximate surface area is 159 Å². The van der Waals surface area contributed by atoms with Crippen LogP contribution in [0.15, 0.2) is 24.4 Å². The third kappa shape index (κ3) is 3.38. The zero-order valence-corrected chi connectivity index (χ0v) is 16.3. The monoisotopic (exact) mass is 365 g/mol. The van der Waals surface area contributed by atoms with Crippen molar-refractivity contribution in [1.29, 1.82) is 0 Å². The molecule has 2 aliphatic rings. The van der Waals surface area contributed by atoms with E-state index in [1.165, 1.54) is 12.8 Å². The molecule has 1 aromatic heterocycles. The Hall–Kier alpha value is -2.56. The first-order chi connectivity index (χ1) is 12.7. The minimum atomic E-state index is -0.429. The lowest BCUT2D eigenvalue weighted by Crippen LogP contribution is -2.28. The lowest BCUT2D eigenvalue weighted by Gasteiger charge is -2.30. The number of Topliss-reactive ketones (excluding diaryl/α,β-unsaturated/α-hetero) is 1. The second-order valence-corrected chi connectivity index (χ2v) is 8.86. The highest BCUT2D eigenvalue weighted by Crippen LogP contribution is 2.38. The Bertz CT molecular complexity index is 935. The molecular formula is C22H27N3O2. The normalized spacial score (nSPS) is 18.3. The van der Waals surface area contributed by atoms with Gasteiger partial charge in [0.2, 0.25) is 0 Å². The van der Waals surface area contributed by atoms with Crippen LogP contribution in [-0.2, 0) is 6.42 Å². The maximum Gasteiger partial charge on any atom is 0.250 e. The Morgan fingerprint density at radius 3 is 2.70 bits per heavy atom. The molecule has 3 N–H and O–H groups in total. The molecule has 1 heterocycles. The second-order valence-electron chi connectivity index (χ2n) is 8.86. The van der Waals surface area contributed by atoms with E-state index >= 15 is 0 Å². The number of hydrogen-bond donors (Lipinski definition) is 2. The van der Waals surface area contributed by atoms with E-state index in [1.807, 2.05) is 25.3 Å². The fourth-order valence-electron chi connectivity index (χ4n) is 4.13. The van der Waals surface area contributed by atoms with Gasteiger partial charge in [-0.05, 0) is 61.3 Å². The van der Waals surface area contributed by atoms with Crippen LogP contribution in [0.2, 0.25) is 0 Å². The molecule has 0 radical (unpaired) electrons. The van der Waals surface area contributed by atoms with E-state index < -0.39 is 5.91 Å². The number of benzene rings is 1. The van der Waals surface area contributed by atoms with Crippen molar-refractivity contribution in [3.63, 3.8) is 0 Å². The summed E-state index contributed by atoms with van der Waals surface area (Å²) in [6.07, 6.45) is 5.94. The SMILES string of the molecule is Cc1cn(-c2ccc(C(N)=O)c(NCC3CC3)c2)c2c1C(=O)CC(C)(C)C2. The summed E-state index contributed by atoms with van der Waals surface area (Å²) < 4.78 is 2.11. The predicted molar refractivity (Wildman–Crippen MR) is 107 cm³/mol. The zero-order valence-electron chi connectivity index (χ0n) is 16.3. The summed E-state index contributed by atoms with van der Waals surface area (Å²) in [6, 6.07) is 5.67. The number of rotatable bonds is 5. The van der Waals surface area contributed by atoms with E-state index in [4.69, 9.17) is 5.73 Å². The van der Waals surface area contributed by atoms with Gasteiger partial charge in [-0.15, -0.1) is 0 Å². The summed E-state index contributed by atoms with van der Waals surface area (Å²) >= 11 is 0.